The van der Waals surface area contributed by atoms with Gasteiger partial charge in [0.15, 0.2) is 24.0 Å². The van der Waals surface area contributed by atoms with Crippen LogP contribution in [0.4, 0.5) is 0 Å². The molecular weight excluding hydrogens is 384 g/mol. The van der Waals surface area contributed by atoms with Crippen molar-refractivity contribution < 1.29 is 44.1 Å². The van der Waals surface area contributed by atoms with Crippen LogP contribution in [0.3, 0.4) is 0 Å². The van der Waals surface area contributed by atoms with Gasteiger partial charge in [-0.15, -0.1) is 9.68 Å². The molecule has 0 bridgehead atoms. The Bertz CT molecular complexity index is 490. The number of hydroxylamine groups is 10. The van der Waals surface area contributed by atoms with E-state index in [0.29, 0.717) is 0 Å². The summed E-state index contributed by atoms with van der Waals surface area (Å²) in [5.74, 6) is 0. The maximum atomic E-state index is 5.97. The third kappa shape index (κ3) is 14.2. The zero-order chi connectivity index (χ0) is 23.3. The quantitative estimate of drug-likeness (QED) is 0.363. The van der Waals surface area contributed by atoms with Crippen molar-refractivity contribution in [1.29, 1.82) is 0 Å². The molecule has 2 atom stereocenters. The first kappa shape index (κ1) is 28.6. The van der Waals surface area contributed by atoms with Gasteiger partial charge in [-0.1, -0.05) is 0 Å². The van der Waals surface area contributed by atoms with E-state index >= 15 is 0 Å². The first-order valence-electron chi connectivity index (χ1n) is 9.72. The highest BCUT2D eigenvalue weighted by molar-refractivity contribution is 4.56. The van der Waals surface area contributed by atoms with Crippen molar-refractivity contribution in [3.05, 3.63) is 0 Å². The van der Waals surface area contributed by atoms with Crippen molar-refractivity contribution in [2.24, 2.45) is 0 Å². The second kappa shape index (κ2) is 10.2. The number of hydrogen-bond donors (Lipinski definition) is 0. The second-order valence-electron chi connectivity index (χ2n) is 9.70. The first-order valence-corrected chi connectivity index (χ1v) is 9.72. The molecule has 29 heavy (non-hydrogen) atoms. The molecule has 0 N–H and O–H groups in total. The third-order valence-electron chi connectivity index (χ3n) is 2.43. The van der Waals surface area contributed by atoms with Gasteiger partial charge in [0.05, 0.1) is 11.2 Å². The SMILES string of the molecule is CCO[N+](C)(ON(C)OC(C)(C)C)O[N+](C)(ON(C)OC(C)(C)C)OC(C)(C)C. The molecule has 0 aliphatic carbocycles. The predicted molar refractivity (Wildman–Crippen MR) is 105 cm³/mol. The van der Waals surface area contributed by atoms with Gasteiger partial charge < -0.3 is 0 Å². The smallest absolute Gasteiger partial charge is 0.177 e. The van der Waals surface area contributed by atoms with Crippen molar-refractivity contribution in [3.63, 3.8) is 0 Å². The lowest BCUT2D eigenvalue weighted by Crippen LogP contribution is -2.62. The number of hydrogen-bond acceptors (Lipinski definition) is 9. The molecule has 0 aliphatic heterocycles. The van der Waals surface area contributed by atoms with Crippen LogP contribution in [0.5, 0.6) is 0 Å². The summed E-state index contributed by atoms with van der Waals surface area (Å²) in [6.45, 7) is 19.0. The highest BCUT2D eigenvalue weighted by Gasteiger charge is 2.52. The summed E-state index contributed by atoms with van der Waals surface area (Å²) in [7, 11) is 6.26. The van der Waals surface area contributed by atoms with Gasteiger partial charge in [-0.05, 0) is 89.6 Å². The summed E-state index contributed by atoms with van der Waals surface area (Å²) in [4.78, 5) is 38.7. The van der Waals surface area contributed by atoms with Crippen LogP contribution in [0.25, 0.3) is 0 Å². The van der Waals surface area contributed by atoms with Gasteiger partial charge in [0, 0.05) is 14.1 Å². The molecule has 0 aromatic rings. The van der Waals surface area contributed by atoms with Crippen LogP contribution in [-0.4, -0.2) is 72.0 Å². The highest BCUT2D eigenvalue weighted by atomic mass is 17.4. The van der Waals surface area contributed by atoms with E-state index < -0.39 is 26.7 Å². The van der Waals surface area contributed by atoms with E-state index in [4.69, 9.17) is 34.2 Å². The number of nitrogens with zero attached hydrogens (tertiary/aromatic N) is 4. The molecule has 0 saturated heterocycles. The molecule has 2 unspecified atom stereocenters. The van der Waals surface area contributed by atoms with Crippen LogP contribution in [0, 0.1) is 0 Å². The molecule has 0 saturated carbocycles. The minimum absolute atomic E-state index is 0.281. The molecule has 11 nitrogen and oxygen atoms in total. The maximum Gasteiger partial charge on any atom is 0.177 e. The van der Waals surface area contributed by atoms with Crippen LogP contribution in [-0.2, 0) is 34.2 Å². The standard InChI is InChI=1S/C18H44N4O7/c1-15-23-21(13,27-19(11)24-16(2,3)4)29-22(14,26-18(8,9)10)28-20(12)25-17(5,6)7/h15H2,1-14H3/q+2. The van der Waals surface area contributed by atoms with E-state index in [9.17, 15) is 0 Å². The van der Waals surface area contributed by atoms with Gasteiger partial charge in [-0.2, -0.15) is 0 Å². The molecule has 0 spiro atoms. The Kier molecular flexibility index (Phi) is 10.1. The minimum atomic E-state index is -0.837. The van der Waals surface area contributed by atoms with Crippen molar-refractivity contribution in [2.75, 3.05) is 34.8 Å². The molecule has 0 aromatic heterocycles. The van der Waals surface area contributed by atoms with E-state index in [0.717, 1.165) is 10.5 Å². The summed E-state index contributed by atoms with van der Waals surface area (Å²) in [6.07, 6.45) is 0. The van der Waals surface area contributed by atoms with Crippen molar-refractivity contribution in [1.82, 2.24) is 10.5 Å². The predicted octanol–water partition coefficient (Wildman–Crippen LogP) is 3.42. The average Bonchev–Trinajstić information content (AvgIpc) is 2.28. The minimum Gasteiger partial charge on any atom is -0.264 e. The molecule has 0 amide bonds. The van der Waals surface area contributed by atoms with Crippen LogP contribution in [0.15, 0.2) is 0 Å². The molecular formula is C18H44N4O7+2. The third-order valence-corrected chi connectivity index (χ3v) is 2.43. The Labute approximate surface area is 176 Å². The summed E-state index contributed by atoms with van der Waals surface area (Å²) >= 11 is 0. The van der Waals surface area contributed by atoms with Gasteiger partial charge in [0.1, 0.15) is 17.1 Å². The van der Waals surface area contributed by atoms with E-state index in [1.165, 1.54) is 14.1 Å². The van der Waals surface area contributed by atoms with Gasteiger partial charge in [-0.3, -0.25) is 9.68 Å². The highest BCUT2D eigenvalue weighted by Crippen LogP contribution is 2.26. The van der Waals surface area contributed by atoms with E-state index in [2.05, 4.69) is 0 Å². The van der Waals surface area contributed by atoms with Gasteiger partial charge in [-0.25, -0.2) is 0 Å². The lowest BCUT2D eigenvalue weighted by Gasteiger charge is -2.35. The second-order valence-corrected chi connectivity index (χ2v) is 9.70. The van der Waals surface area contributed by atoms with Crippen LogP contribution >= 0.6 is 0 Å². The molecule has 0 aromatic carbocycles. The Hall–Kier alpha value is -0.440. The zero-order valence-electron chi connectivity index (χ0n) is 20.9. The average molecular weight is 429 g/mol. The fraction of sp³-hybridized carbons (Fsp3) is 1.00. The summed E-state index contributed by atoms with van der Waals surface area (Å²) in [5.41, 5.74) is -1.61. The van der Waals surface area contributed by atoms with Crippen molar-refractivity contribution in [2.45, 2.75) is 86.0 Å². The fourth-order valence-corrected chi connectivity index (χ4v) is 2.33. The lowest BCUT2D eigenvalue weighted by atomic mass is 10.2. The molecule has 0 rings (SSSR count). The monoisotopic (exact) mass is 428 g/mol. The van der Waals surface area contributed by atoms with E-state index in [1.807, 2.05) is 62.3 Å². The van der Waals surface area contributed by atoms with Crippen LogP contribution in [0.2, 0.25) is 0 Å². The van der Waals surface area contributed by atoms with Crippen molar-refractivity contribution >= 4 is 0 Å². The fourth-order valence-electron chi connectivity index (χ4n) is 2.33. The van der Waals surface area contributed by atoms with Gasteiger partial charge >= 0.3 is 0 Å². The Morgan fingerprint density at radius 2 is 1.03 bits per heavy atom. The summed E-state index contributed by atoms with van der Waals surface area (Å²) in [5, 5.41) is 2.32. The molecule has 11 heteroatoms. The number of quaternary nitrogens is 2. The first-order chi connectivity index (χ1) is 12.7. The summed E-state index contributed by atoms with van der Waals surface area (Å²) < 4.78 is 0. The van der Waals surface area contributed by atoms with Crippen LogP contribution < -0.4 is 0 Å². The molecule has 0 radical (unpaired) electrons. The molecule has 0 heterocycles. The van der Waals surface area contributed by atoms with Gasteiger partial charge in [0.2, 0.25) is 0 Å². The molecule has 0 aliphatic rings. The normalized spacial score (nSPS) is 18.2. The summed E-state index contributed by atoms with van der Waals surface area (Å²) in [6, 6.07) is 0. The van der Waals surface area contributed by atoms with Gasteiger partial charge in [0.25, 0.3) is 0 Å². The Morgan fingerprint density at radius 1 is 0.655 bits per heavy atom. The molecule has 176 valence electrons. The maximum absolute atomic E-state index is 5.97. The van der Waals surface area contributed by atoms with Crippen LogP contribution in [0.1, 0.15) is 69.2 Å². The Balaban J connectivity index is 5.59. The zero-order valence-corrected chi connectivity index (χ0v) is 20.9. The molecule has 0 fully saturated rings. The Morgan fingerprint density at radius 3 is 1.34 bits per heavy atom. The van der Waals surface area contributed by atoms with E-state index in [-0.39, 0.29) is 6.61 Å². The van der Waals surface area contributed by atoms with Crippen molar-refractivity contribution in [3.8, 4) is 0 Å². The largest absolute Gasteiger partial charge is 0.264 e. The number of rotatable bonds is 11. The van der Waals surface area contributed by atoms with E-state index in [1.54, 1.807) is 21.0 Å². The topological polar surface area (TPSA) is 71.1 Å². The lowest BCUT2D eigenvalue weighted by molar-refractivity contribution is -1.57.